The van der Waals surface area contributed by atoms with Gasteiger partial charge in [-0.05, 0) is 6.07 Å². The monoisotopic (exact) mass is 208 g/mol. The van der Waals surface area contributed by atoms with Crippen molar-refractivity contribution in [1.82, 2.24) is 0 Å². The van der Waals surface area contributed by atoms with Crippen LogP contribution in [0.4, 0.5) is 0 Å². The van der Waals surface area contributed by atoms with Crippen molar-refractivity contribution < 1.29 is 4.79 Å². The fourth-order valence-corrected chi connectivity index (χ4v) is 2.22. The van der Waals surface area contributed by atoms with Crippen molar-refractivity contribution in [2.24, 2.45) is 0 Å². The minimum absolute atomic E-state index is 0.0400. The van der Waals surface area contributed by atoms with Gasteiger partial charge in [0.05, 0.1) is 4.34 Å². The molecular formula is C7H6Cl2OS. The highest BCUT2D eigenvalue weighted by Gasteiger charge is 2.11. The zero-order chi connectivity index (χ0) is 8.43. The number of rotatable bonds is 2. The lowest BCUT2D eigenvalue weighted by Gasteiger charge is -1.90. The van der Waals surface area contributed by atoms with E-state index in [1.165, 1.54) is 11.3 Å². The van der Waals surface area contributed by atoms with Crippen molar-refractivity contribution >= 4 is 40.3 Å². The highest BCUT2D eigenvalue weighted by atomic mass is 35.5. The maximum absolute atomic E-state index is 11.1. The third-order valence-electron chi connectivity index (χ3n) is 1.28. The number of carbonyl (C=O) groups excluding carboxylic acids is 1. The van der Waals surface area contributed by atoms with Gasteiger partial charge in [0.15, 0.2) is 5.78 Å². The van der Waals surface area contributed by atoms with E-state index in [4.69, 9.17) is 23.2 Å². The Morgan fingerprint density at radius 1 is 1.64 bits per heavy atom. The Morgan fingerprint density at radius 2 is 2.27 bits per heavy atom. The maximum Gasteiger partial charge on any atom is 0.165 e. The molecule has 0 atom stereocenters. The van der Waals surface area contributed by atoms with Gasteiger partial charge in [-0.25, -0.2) is 0 Å². The topological polar surface area (TPSA) is 17.1 Å². The molecule has 4 heteroatoms. The van der Waals surface area contributed by atoms with Crippen LogP contribution < -0.4 is 0 Å². The van der Waals surface area contributed by atoms with Crippen LogP contribution in [0.25, 0.3) is 0 Å². The number of carbonyl (C=O) groups is 1. The van der Waals surface area contributed by atoms with Gasteiger partial charge < -0.3 is 0 Å². The highest BCUT2D eigenvalue weighted by molar-refractivity contribution is 7.20. The number of hydrogen-bond donors (Lipinski definition) is 0. The first-order valence-electron chi connectivity index (χ1n) is 3.13. The van der Waals surface area contributed by atoms with E-state index in [0.29, 0.717) is 20.7 Å². The second kappa shape index (κ2) is 3.57. The van der Waals surface area contributed by atoms with Gasteiger partial charge in [0, 0.05) is 12.0 Å². The largest absolute Gasteiger partial charge is 0.294 e. The molecule has 0 unspecified atom stereocenters. The SMILES string of the molecule is CCC(=O)c1cc(Cl)sc1Cl. The lowest BCUT2D eigenvalue weighted by atomic mass is 10.2. The number of thiophene rings is 1. The van der Waals surface area contributed by atoms with Gasteiger partial charge in [-0.15, -0.1) is 11.3 Å². The third-order valence-corrected chi connectivity index (χ3v) is 2.77. The van der Waals surface area contributed by atoms with Crippen LogP contribution in [-0.4, -0.2) is 5.78 Å². The summed E-state index contributed by atoms with van der Waals surface area (Å²) in [7, 11) is 0. The molecule has 0 saturated carbocycles. The molecular weight excluding hydrogens is 203 g/mol. The second-order valence-electron chi connectivity index (χ2n) is 2.01. The van der Waals surface area contributed by atoms with E-state index in [0.717, 1.165) is 0 Å². The molecule has 0 aliphatic carbocycles. The van der Waals surface area contributed by atoms with Crippen molar-refractivity contribution in [3.05, 3.63) is 20.3 Å². The quantitative estimate of drug-likeness (QED) is 0.679. The summed E-state index contributed by atoms with van der Waals surface area (Å²) in [5.41, 5.74) is 0.546. The van der Waals surface area contributed by atoms with Crippen molar-refractivity contribution in [2.75, 3.05) is 0 Å². The van der Waals surface area contributed by atoms with Crippen LogP contribution in [0, 0.1) is 0 Å². The molecule has 60 valence electrons. The molecule has 0 aliphatic rings. The van der Waals surface area contributed by atoms with Crippen LogP contribution in [0.15, 0.2) is 6.07 Å². The normalized spacial score (nSPS) is 10.1. The number of Topliss-reactive ketones (excluding diaryl/α,β-unsaturated/α-hetero) is 1. The van der Waals surface area contributed by atoms with Gasteiger partial charge in [0.25, 0.3) is 0 Å². The summed E-state index contributed by atoms with van der Waals surface area (Å²) < 4.78 is 1.05. The molecule has 11 heavy (non-hydrogen) atoms. The Labute approximate surface area is 78.9 Å². The van der Waals surface area contributed by atoms with E-state index >= 15 is 0 Å². The predicted octanol–water partition coefficient (Wildman–Crippen LogP) is 3.65. The number of ketones is 1. The molecule has 0 aromatic carbocycles. The van der Waals surface area contributed by atoms with E-state index < -0.39 is 0 Å². The fourth-order valence-electron chi connectivity index (χ4n) is 0.721. The molecule has 1 heterocycles. The molecule has 0 radical (unpaired) electrons. The molecule has 0 aliphatic heterocycles. The first-order chi connectivity index (χ1) is 5.15. The number of hydrogen-bond acceptors (Lipinski definition) is 2. The van der Waals surface area contributed by atoms with Gasteiger partial charge in [0.1, 0.15) is 4.34 Å². The predicted molar refractivity (Wildman–Crippen MR) is 49.0 cm³/mol. The van der Waals surface area contributed by atoms with Crippen LogP contribution in [0.1, 0.15) is 23.7 Å². The summed E-state index contributed by atoms with van der Waals surface area (Å²) in [6.45, 7) is 1.80. The molecule has 1 nitrogen and oxygen atoms in total. The zero-order valence-corrected chi connectivity index (χ0v) is 8.19. The molecule has 0 fully saturated rings. The highest BCUT2D eigenvalue weighted by Crippen LogP contribution is 2.31. The van der Waals surface area contributed by atoms with Gasteiger partial charge in [0.2, 0.25) is 0 Å². The summed E-state index contributed by atoms with van der Waals surface area (Å²) in [6.07, 6.45) is 0.465. The minimum Gasteiger partial charge on any atom is -0.294 e. The summed E-state index contributed by atoms with van der Waals surface area (Å²) in [5.74, 6) is 0.0400. The molecule has 1 aromatic heterocycles. The summed E-state index contributed by atoms with van der Waals surface area (Å²) in [6, 6.07) is 1.61. The van der Waals surface area contributed by atoms with E-state index in [9.17, 15) is 4.79 Å². The molecule has 0 spiro atoms. The van der Waals surface area contributed by atoms with E-state index in [1.807, 2.05) is 0 Å². The van der Waals surface area contributed by atoms with Crippen molar-refractivity contribution in [1.29, 1.82) is 0 Å². The lowest BCUT2D eigenvalue weighted by Crippen LogP contribution is -1.93. The average Bonchev–Trinajstić information content (AvgIpc) is 2.28. The standard InChI is InChI=1S/C7H6Cl2OS/c1-2-5(10)4-3-6(8)11-7(4)9/h3H,2H2,1H3. The van der Waals surface area contributed by atoms with E-state index in [-0.39, 0.29) is 5.78 Å². The Kier molecular flexibility index (Phi) is 2.93. The van der Waals surface area contributed by atoms with Gasteiger partial charge in [-0.2, -0.15) is 0 Å². The first-order valence-corrected chi connectivity index (χ1v) is 4.70. The van der Waals surface area contributed by atoms with Crippen molar-refractivity contribution in [2.45, 2.75) is 13.3 Å². The molecule has 1 aromatic rings. The Bertz CT molecular complexity index is 280. The van der Waals surface area contributed by atoms with Gasteiger partial charge in [-0.1, -0.05) is 30.1 Å². The Balaban J connectivity index is 3.03. The van der Waals surface area contributed by atoms with Crippen molar-refractivity contribution in [3.63, 3.8) is 0 Å². The minimum atomic E-state index is 0.0400. The summed E-state index contributed by atoms with van der Waals surface area (Å²) >= 11 is 12.6. The third kappa shape index (κ3) is 1.95. The Hall–Kier alpha value is -0.0500. The van der Waals surface area contributed by atoms with Crippen LogP contribution in [0.2, 0.25) is 8.67 Å². The maximum atomic E-state index is 11.1. The lowest BCUT2D eigenvalue weighted by molar-refractivity contribution is 0.0989. The van der Waals surface area contributed by atoms with E-state index in [1.54, 1.807) is 13.0 Å². The molecule has 0 N–H and O–H groups in total. The second-order valence-corrected chi connectivity index (χ2v) is 4.30. The van der Waals surface area contributed by atoms with Crippen LogP contribution in [-0.2, 0) is 0 Å². The molecule has 1 rings (SSSR count). The number of halogens is 2. The van der Waals surface area contributed by atoms with Crippen LogP contribution in [0.3, 0.4) is 0 Å². The molecule has 0 bridgehead atoms. The smallest absolute Gasteiger partial charge is 0.165 e. The fraction of sp³-hybridized carbons (Fsp3) is 0.286. The van der Waals surface area contributed by atoms with Crippen molar-refractivity contribution in [3.8, 4) is 0 Å². The Morgan fingerprint density at radius 3 is 2.64 bits per heavy atom. The van der Waals surface area contributed by atoms with Crippen LogP contribution >= 0.6 is 34.5 Å². The van der Waals surface area contributed by atoms with Gasteiger partial charge in [-0.3, -0.25) is 4.79 Å². The summed E-state index contributed by atoms with van der Waals surface area (Å²) in [5, 5.41) is 0. The van der Waals surface area contributed by atoms with Gasteiger partial charge >= 0.3 is 0 Å². The molecule has 0 amide bonds. The summed E-state index contributed by atoms with van der Waals surface area (Å²) in [4.78, 5) is 11.1. The zero-order valence-electron chi connectivity index (χ0n) is 5.86. The van der Waals surface area contributed by atoms with E-state index in [2.05, 4.69) is 0 Å². The molecule has 0 saturated heterocycles. The average molecular weight is 209 g/mol. The van der Waals surface area contributed by atoms with Crippen LogP contribution in [0.5, 0.6) is 0 Å². The first kappa shape index (κ1) is 9.04.